The highest BCUT2D eigenvalue weighted by molar-refractivity contribution is 5.79. The number of urea groups is 1. The molecule has 0 saturated carbocycles. The quantitative estimate of drug-likeness (QED) is 0.543. The van der Waals surface area contributed by atoms with E-state index >= 15 is 0 Å². The molecular weight excluding hydrogens is 475 g/mol. The van der Waals surface area contributed by atoms with Crippen LogP contribution in [-0.2, 0) is 0 Å². The lowest BCUT2D eigenvalue weighted by atomic mass is 10.0. The lowest BCUT2D eigenvalue weighted by molar-refractivity contribution is 0.139. The van der Waals surface area contributed by atoms with E-state index in [1.54, 1.807) is 28.8 Å². The fourth-order valence-electron chi connectivity index (χ4n) is 4.67. The van der Waals surface area contributed by atoms with E-state index in [0.29, 0.717) is 66.8 Å². The zero-order valence-electron chi connectivity index (χ0n) is 20.3. The maximum Gasteiger partial charge on any atom is 0.341 e. The summed E-state index contributed by atoms with van der Waals surface area (Å²) in [5.41, 5.74) is 2.62. The number of nitrogens with zero attached hydrogens (tertiary/aromatic N) is 10. The number of carbonyl (C=O) groups is 1. The number of hydrogen-bond donors (Lipinski definition) is 0. The highest BCUT2D eigenvalue weighted by Crippen LogP contribution is 2.31. The predicted octanol–water partition coefficient (Wildman–Crippen LogP) is 2.84. The molecule has 1 atom stereocenters. The van der Waals surface area contributed by atoms with Crippen LogP contribution in [0.1, 0.15) is 40.5 Å². The molecule has 12 heteroatoms. The molecule has 2 aromatic heterocycles. The van der Waals surface area contributed by atoms with Gasteiger partial charge >= 0.3 is 6.03 Å². The van der Waals surface area contributed by atoms with Gasteiger partial charge in [-0.15, -0.1) is 0 Å². The fourth-order valence-corrected chi connectivity index (χ4v) is 4.67. The summed E-state index contributed by atoms with van der Waals surface area (Å²) < 4.78 is 15.6. The number of amides is 2. The van der Waals surface area contributed by atoms with Crippen LogP contribution in [0, 0.1) is 42.3 Å². The average Bonchev–Trinajstić information content (AvgIpc) is 3.52. The van der Waals surface area contributed by atoms with E-state index in [1.165, 1.54) is 23.5 Å². The number of piperazine rings is 1. The van der Waals surface area contributed by atoms with Crippen molar-refractivity contribution in [3.05, 3.63) is 64.5 Å². The average molecular weight is 499 g/mol. The first-order valence-corrected chi connectivity index (χ1v) is 11.7. The van der Waals surface area contributed by atoms with Gasteiger partial charge in [-0.2, -0.15) is 20.7 Å². The first-order valence-electron chi connectivity index (χ1n) is 11.7. The molecule has 1 aromatic carbocycles. The molecular formula is C25H23FN10O. The number of aryl methyl sites for hydroxylation is 1. The van der Waals surface area contributed by atoms with Crippen LogP contribution in [-0.4, -0.2) is 68.1 Å². The minimum absolute atomic E-state index is 0.205. The second kappa shape index (κ2) is 9.66. The van der Waals surface area contributed by atoms with Crippen molar-refractivity contribution in [2.75, 3.05) is 31.1 Å². The van der Waals surface area contributed by atoms with Crippen LogP contribution in [0.2, 0.25) is 0 Å². The number of benzene rings is 1. The molecule has 0 aliphatic carbocycles. The third kappa shape index (κ3) is 4.45. The molecule has 4 heterocycles. The molecule has 0 radical (unpaired) electrons. The predicted molar refractivity (Wildman–Crippen MR) is 131 cm³/mol. The van der Waals surface area contributed by atoms with E-state index in [4.69, 9.17) is 0 Å². The zero-order valence-corrected chi connectivity index (χ0v) is 20.3. The van der Waals surface area contributed by atoms with Crippen LogP contribution < -0.4 is 4.90 Å². The number of hydrogen-bond acceptors (Lipinski definition) is 8. The van der Waals surface area contributed by atoms with Gasteiger partial charge in [-0.1, -0.05) is 0 Å². The molecule has 0 N–H and O–H groups in total. The van der Waals surface area contributed by atoms with Gasteiger partial charge in [-0.05, 0) is 37.6 Å². The van der Waals surface area contributed by atoms with E-state index < -0.39 is 11.9 Å². The van der Waals surface area contributed by atoms with Crippen LogP contribution in [0.5, 0.6) is 0 Å². The van der Waals surface area contributed by atoms with Crippen molar-refractivity contribution >= 4 is 18.1 Å². The Balaban J connectivity index is 1.28. The maximum absolute atomic E-state index is 14.0. The zero-order chi connectivity index (χ0) is 26.1. The van der Waals surface area contributed by atoms with E-state index in [9.17, 15) is 19.7 Å². The third-order valence-electron chi connectivity index (χ3n) is 6.59. The lowest BCUT2D eigenvalue weighted by Crippen LogP contribution is -2.52. The van der Waals surface area contributed by atoms with Gasteiger partial charge in [0.2, 0.25) is 0 Å². The van der Waals surface area contributed by atoms with Gasteiger partial charge in [0.1, 0.15) is 24.0 Å². The first-order chi connectivity index (χ1) is 17.9. The maximum atomic E-state index is 14.0. The van der Waals surface area contributed by atoms with Crippen molar-refractivity contribution < 1.29 is 9.18 Å². The molecule has 37 heavy (non-hydrogen) atoms. The molecule has 2 aliphatic heterocycles. The molecule has 1 fully saturated rings. The van der Waals surface area contributed by atoms with Gasteiger partial charge in [0.25, 0.3) is 0 Å². The largest absolute Gasteiger partial charge is 0.353 e. The molecule has 3 aromatic rings. The Morgan fingerprint density at radius 2 is 1.78 bits per heavy atom. The topological polar surface area (TPSA) is 130 Å². The van der Waals surface area contributed by atoms with Crippen LogP contribution in [0.15, 0.2) is 35.7 Å². The second-order valence-electron chi connectivity index (χ2n) is 8.84. The standard InChI is InChI=1S/C25H23FN10O/c1-16-21(14-28)17(2)35(32-16)24-12-23(29-15-30-24)33-5-7-34(8-6-33)25(37)36-22(3-4-31-36)19-9-18(13-27)10-20(26)11-19/h4,9-12,15,22H,3,5-8H2,1-2H3/t22-/m0/s1. The molecule has 186 valence electrons. The summed E-state index contributed by atoms with van der Waals surface area (Å²) >= 11 is 0. The van der Waals surface area contributed by atoms with E-state index in [0.717, 1.165) is 0 Å². The van der Waals surface area contributed by atoms with Crippen molar-refractivity contribution in [1.29, 1.82) is 10.5 Å². The van der Waals surface area contributed by atoms with Crippen molar-refractivity contribution in [2.45, 2.75) is 26.3 Å². The smallest absolute Gasteiger partial charge is 0.341 e. The van der Waals surface area contributed by atoms with Gasteiger partial charge in [-0.25, -0.2) is 28.8 Å². The summed E-state index contributed by atoms with van der Waals surface area (Å²) in [4.78, 5) is 25.8. The molecule has 2 aliphatic rings. The Morgan fingerprint density at radius 1 is 1.03 bits per heavy atom. The number of carbonyl (C=O) groups excluding carboxylic acids is 1. The highest BCUT2D eigenvalue weighted by atomic mass is 19.1. The molecule has 0 unspecified atom stereocenters. The highest BCUT2D eigenvalue weighted by Gasteiger charge is 2.33. The van der Waals surface area contributed by atoms with E-state index in [-0.39, 0.29) is 11.6 Å². The number of nitriles is 2. The van der Waals surface area contributed by atoms with E-state index in [2.05, 4.69) is 31.1 Å². The minimum atomic E-state index is -0.518. The Bertz CT molecular complexity index is 1480. The van der Waals surface area contributed by atoms with Crippen molar-refractivity contribution in [2.24, 2.45) is 5.10 Å². The fraction of sp³-hybridized carbons (Fsp3) is 0.320. The van der Waals surface area contributed by atoms with Crippen molar-refractivity contribution in [1.82, 2.24) is 29.7 Å². The Kier molecular flexibility index (Phi) is 6.24. The Morgan fingerprint density at radius 3 is 2.49 bits per heavy atom. The summed E-state index contributed by atoms with van der Waals surface area (Å²) in [6, 6.07) is 9.31. The molecule has 5 rings (SSSR count). The van der Waals surface area contributed by atoms with Crippen molar-refractivity contribution in [3.8, 4) is 18.0 Å². The number of rotatable bonds is 3. The van der Waals surface area contributed by atoms with Gasteiger partial charge in [0.15, 0.2) is 5.82 Å². The van der Waals surface area contributed by atoms with E-state index in [1.807, 2.05) is 19.1 Å². The summed E-state index contributed by atoms with van der Waals surface area (Å²) in [5.74, 6) is 0.742. The minimum Gasteiger partial charge on any atom is -0.353 e. The van der Waals surface area contributed by atoms with Gasteiger partial charge in [0.05, 0.1) is 34.6 Å². The molecule has 1 saturated heterocycles. The molecule has 2 amide bonds. The molecule has 0 spiro atoms. The molecule has 11 nitrogen and oxygen atoms in total. The third-order valence-corrected chi connectivity index (χ3v) is 6.59. The van der Waals surface area contributed by atoms with Gasteiger partial charge in [0, 0.05) is 44.9 Å². The monoisotopic (exact) mass is 498 g/mol. The van der Waals surface area contributed by atoms with Crippen molar-refractivity contribution in [3.63, 3.8) is 0 Å². The first kappa shape index (κ1) is 23.9. The normalized spacial score (nSPS) is 17.1. The van der Waals surface area contributed by atoms with Crippen LogP contribution >= 0.6 is 0 Å². The second-order valence-corrected chi connectivity index (χ2v) is 8.84. The summed E-state index contributed by atoms with van der Waals surface area (Å²) in [6.07, 6.45) is 3.54. The van der Waals surface area contributed by atoms with Crippen LogP contribution in [0.25, 0.3) is 5.82 Å². The summed E-state index contributed by atoms with van der Waals surface area (Å²) in [5, 5.41) is 28.6. The molecule has 0 bridgehead atoms. The lowest BCUT2D eigenvalue weighted by Gasteiger charge is -2.37. The summed E-state index contributed by atoms with van der Waals surface area (Å²) in [7, 11) is 0. The SMILES string of the molecule is Cc1nn(-c2cc(N3CCN(C(=O)N4N=CC[C@H]4c4cc(F)cc(C#N)c4)CC3)ncn2)c(C)c1C#N. The number of anilines is 1. The Labute approximate surface area is 212 Å². The van der Waals surface area contributed by atoms with Gasteiger partial charge in [-0.3, -0.25) is 0 Å². The Hall–Kier alpha value is -4.84. The van der Waals surface area contributed by atoms with Crippen LogP contribution in [0.4, 0.5) is 15.0 Å². The van der Waals surface area contributed by atoms with Crippen LogP contribution in [0.3, 0.4) is 0 Å². The summed E-state index contributed by atoms with van der Waals surface area (Å²) in [6.45, 7) is 5.59. The number of hydrazone groups is 1. The number of aromatic nitrogens is 4. The van der Waals surface area contributed by atoms with Gasteiger partial charge < -0.3 is 9.80 Å². The number of halogens is 1.